The molecular weight excluding hydrogens is 448 g/mol. The van der Waals surface area contributed by atoms with E-state index in [1.54, 1.807) is 6.08 Å². The minimum atomic E-state index is -0.983. The molecule has 0 aromatic rings. The molecule has 0 aromatic heterocycles. The van der Waals surface area contributed by atoms with Gasteiger partial charge in [-0.15, -0.1) is 0 Å². The topological polar surface area (TPSA) is 96.0 Å². The molecule has 1 aliphatic heterocycles. The fraction of sp³-hybridized carbons (Fsp3) is 0.714. The van der Waals surface area contributed by atoms with Gasteiger partial charge >= 0.3 is 17.9 Å². The van der Waals surface area contributed by atoms with Crippen molar-refractivity contribution < 1.29 is 33.4 Å². The van der Waals surface area contributed by atoms with Crippen LogP contribution in [0, 0.1) is 40.9 Å². The van der Waals surface area contributed by atoms with Crippen molar-refractivity contribution in [3.8, 4) is 0 Å². The summed E-state index contributed by atoms with van der Waals surface area (Å²) in [7, 11) is 0. The van der Waals surface area contributed by atoms with E-state index in [0.29, 0.717) is 18.4 Å². The number of ketones is 1. The molecule has 7 nitrogen and oxygen atoms in total. The monoisotopic (exact) mass is 486 g/mol. The first-order valence-electron chi connectivity index (χ1n) is 12.7. The zero-order valence-electron chi connectivity index (χ0n) is 22.1. The Morgan fingerprint density at radius 1 is 1.20 bits per heavy atom. The lowest BCUT2D eigenvalue weighted by atomic mass is 9.64. The lowest BCUT2D eigenvalue weighted by molar-refractivity contribution is -0.176. The first-order chi connectivity index (χ1) is 16.2. The summed E-state index contributed by atoms with van der Waals surface area (Å²) in [5.41, 5.74) is -0.498. The largest absolute Gasteiger partial charge is 0.461 e. The maximum absolute atomic E-state index is 13.2. The molecule has 0 amide bonds. The number of fused-ring (bicyclic) bond motifs is 3. The number of rotatable bonds is 6. The van der Waals surface area contributed by atoms with E-state index in [4.69, 9.17) is 14.2 Å². The van der Waals surface area contributed by atoms with Crippen LogP contribution in [0.3, 0.4) is 0 Å². The van der Waals surface area contributed by atoms with Gasteiger partial charge in [0.15, 0.2) is 5.78 Å². The molecule has 4 rings (SSSR count). The Bertz CT molecular complexity index is 1030. The molecule has 1 heterocycles. The van der Waals surface area contributed by atoms with Gasteiger partial charge in [0.05, 0.1) is 11.8 Å². The van der Waals surface area contributed by atoms with Crippen LogP contribution in [0.4, 0.5) is 0 Å². The van der Waals surface area contributed by atoms with Gasteiger partial charge in [0.25, 0.3) is 0 Å². The first-order valence-corrected chi connectivity index (χ1v) is 12.7. The van der Waals surface area contributed by atoms with Gasteiger partial charge < -0.3 is 14.2 Å². The fourth-order valence-electron chi connectivity index (χ4n) is 7.02. The summed E-state index contributed by atoms with van der Waals surface area (Å²) in [5.74, 6) is -2.37. The molecule has 35 heavy (non-hydrogen) atoms. The van der Waals surface area contributed by atoms with E-state index in [2.05, 4.69) is 19.9 Å². The highest BCUT2D eigenvalue weighted by Gasteiger charge is 2.83. The van der Waals surface area contributed by atoms with Gasteiger partial charge in [-0.1, -0.05) is 47.6 Å². The van der Waals surface area contributed by atoms with E-state index < -0.39 is 23.1 Å². The third-order valence-corrected chi connectivity index (χ3v) is 9.22. The second-order valence-electron chi connectivity index (χ2n) is 12.0. The zero-order chi connectivity index (χ0) is 26.1. The quantitative estimate of drug-likeness (QED) is 0.240. The van der Waals surface area contributed by atoms with Crippen LogP contribution in [0.2, 0.25) is 0 Å². The van der Waals surface area contributed by atoms with Crippen molar-refractivity contribution in [1.82, 2.24) is 0 Å². The Kier molecular flexibility index (Phi) is 6.09. The third-order valence-electron chi connectivity index (χ3n) is 9.22. The Morgan fingerprint density at radius 3 is 2.43 bits per heavy atom. The normalized spacial score (nSPS) is 38.5. The summed E-state index contributed by atoms with van der Waals surface area (Å²) in [4.78, 5) is 50.2. The van der Waals surface area contributed by atoms with Crippen LogP contribution >= 0.6 is 0 Å². The van der Waals surface area contributed by atoms with Crippen LogP contribution in [0.1, 0.15) is 68.2 Å². The highest BCUT2D eigenvalue weighted by atomic mass is 16.6. The molecule has 0 aromatic carbocycles. The molecule has 1 spiro atoms. The maximum atomic E-state index is 13.2. The molecule has 2 saturated carbocycles. The van der Waals surface area contributed by atoms with Crippen molar-refractivity contribution in [2.45, 2.75) is 79.4 Å². The first kappa shape index (κ1) is 25.6. The van der Waals surface area contributed by atoms with Crippen molar-refractivity contribution >= 4 is 23.7 Å². The molecule has 4 aliphatic rings. The predicted octanol–water partition coefficient (Wildman–Crippen LogP) is 4.19. The second kappa shape index (κ2) is 8.31. The van der Waals surface area contributed by atoms with E-state index in [9.17, 15) is 19.2 Å². The summed E-state index contributed by atoms with van der Waals surface area (Å²) in [5, 5.41) is 0. The van der Waals surface area contributed by atoms with Gasteiger partial charge in [-0.25, -0.2) is 0 Å². The van der Waals surface area contributed by atoms with E-state index >= 15 is 0 Å². The number of ether oxygens (including phenoxy) is 3. The average molecular weight is 487 g/mol. The van der Waals surface area contributed by atoms with Gasteiger partial charge in [-0.05, 0) is 42.9 Å². The number of esters is 3. The average Bonchev–Trinajstić information content (AvgIpc) is 3.12. The summed E-state index contributed by atoms with van der Waals surface area (Å²) in [6, 6.07) is 0. The van der Waals surface area contributed by atoms with Crippen molar-refractivity contribution in [3.63, 3.8) is 0 Å². The summed E-state index contributed by atoms with van der Waals surface area (Å²) in [6.07, 6.45) is 4.52. The number of hydrogen-bond acceptors (Lipinski definition) is 7. The van der Waals surface area contributed by atoms with Crippen LogP contribution < -0.4 is 0 Å². The molecule has 7 atom stereocenters. The Morgan fingerprint density at radius 2 is 1.86 bits per heavy atom. The molecule has 7 heteroatoms. The van der Waals surface area contributed by atoms with Gasteiger partial charge in [-0.2, -0.15) is 0 Å². The molecule has 192 valence electrons. The highest BCUT2D eigenvalue weighted by molar-refractivity contribution is 5.92. The molecule has 0 N–H and O–H groups in total. The summed E-state index contributed by atoms with van der Waals surface area (Å²) in [6.45, 7) is 15.0. The van der Waals surface area contributed by atoms with Crippen molar-refractivity contribution in [2.24, 2.45) is 40.9 Å². The highest BCUT2D eigenvalue weighted by Crippen LogP contribution is 2.77. The van der Waals surface area contributed by atoms with Gasteiger partial charge in [0, 0.05) is 30.1 Å². The van der Waals surface area contributed by atoms with Crippen molar-refractivity contribution in [1.29, 1.82) is 0 Å². The number of carbonyl (C=O) groups is 4. The Labute approximate surface area is 207 Å². The standard InChI is InChI=1S/C28H38O7/c1-14(2)17(5)24(31)34-27-12-15(3)28-21(9-16(4)29)20(25(32)35-28)10-19(13-33-18(6)30)11-22(28)23(27)26(27,7)8/h9,11,14-15,17,20,22-23H,10,12-13H2,1-8H3/b21-9+/t15-,17-,20+,22+,23-,27+,28+/m1/s1. The molecule has 0 radical (unpaired) electrons. The minimum Gasteiger partial charge on any atom is -0.461 e. The van der Waals surface area contributed by atoms with E-state index in [1.165, 1.54) is 13.8 Å². The van der Waals surface area contributed by atoms with Crippen molar-refractivity contribution in [2.75, 3.05) is 6.61 Å². The second-order valence-corrected chi connectivity index (χ2v) is 12.0. The predicted molar refractivity (Wildman–Crippen MR) is 128 cm³/mol. The van der Waals surface area contributed by atoms with Crippen LogP contribution in [0.25, 0.3) is 0 Å². The van der Waals surface area contributed by atoms with Gasteiger partial charge in [-0.3, -0.25) is 19.2 Å². The molecular formula is C28H38O7. The molecule has 3 fully saturated rings. The smallest absolute Gasteiger partial charge is 0.314 e. The Hall–Kier alpha value is -2.44. The molecule has 1 saturated heterocycles. The SMILES string of the molecule is CC(=O)/C=C1\[C@@H]2CC(COC(C)=O)=C[C@H]3[C@@H]4C(C)(C)[C@]4(OC(=O)[C@H](C)C(C)C)C[C@@H](C)[C@]13OC2=O. The van der Waals surface area contributed by atoms with E-state index in [0.717, 1.165) is 5.57 Å². The lowest BCUT2D eigenvalue weighted by Crippen LogP contribution is -2.52. The summed E-state index contributed by atoms with van der Waals surface area (Å²) < 4.78 is 17.9. The third kappa shape index (κ3) is 3.68. The molecule has 0 unspecified atom stereocenters. The Balaban J connectivity index is 1.83. The molecule has 2 bridgehead atoms. The van der Waals surface area contributed by atoms with Crippen molar-refractivity contribution in [3.05, 3.63) is 23.3 Å². The van der Waals surface area contributed by atoms with Crippen LogP contribution in [0.15, 0.2) is 23.3 Å². The maximum Gasteiger partial charge on any atom is 0.314 e. The van der Waals surface area contributed by atoms with Crippen LogP contribution in [0.5, 0.6) is 0 Å². The summed E-state index contributed by atoms with van der Waals surface area (Å²) >= 11 is 0. The fourth-order valence-corrected chi connectivity index (χ4v) is 7.02. The zero-order valence-corrected chi connectivity index (χ0v) is 22.1. The van der Waals surface area contributed by atoms with Crippen LogP contribution in [-0.2, 0) is 33.4 Å². The minimum absolute atomic E-state index is 0.0811. The molecule has 3 aliphatic carbocycles. The number of hydrogen-bond donors (Lipinski definition) is 0. The van der Waals surface area contributed by atoms with Gasteiger partial charge in [0.2, 0.25) is 0 Å². The van der Waals surface area contributed by atoms with E-state index in [1.807, 2.05) is 27.7 Å². The number of allylic oxidation sites excluding steroid dienone is 1. The number of carbonyl (C=O) groups excluding carboxylic acids is 4. The lowest BCUT2D eigenvalue weighted by Gasteiger charge is -2.46. The van der Waals surface area contributed by atoms with Gasteiger partial charge in [0.1, 0.15) is 17.8 Å². The van der Waals surface area contributed by atoms with Crippen LogP contribution in [-0.4, -0.2) is 41.5 Å². The van der Waals surface area contributed by atoms with E-state index in [-0.39, 0.29) is 59.3 Å².